The molecule has 26 heavy (non-hydrogen) atoms. The third kappa shape index (κ3) is 5.92. The summed E-state index contributed by atoms with van der Waals surface area (Å²) in [4.78, 5) is 25.7. The van der Waals surface area contributed by atoms with Gasteiger partial charge in [-0.2, -0.15) is 0 Å². The van der Waals surface area contributed by atoms with Crippen LogP contribution in [-0.2, 0) is 16.0 Å². The lowest BCUT2D eigenvalue weighted by Gasteiger charge is -2.13. The summed E-state index contributed by atoms with van der Waals surface area (Å²) >= 11 is 0. The fourth-order valence-corrected chi connectivity index (χ4v) is 2.55. The molecule has 2 aromatic carbocycles. The maximum Gasteiger partial charge on any atom is 0.305 e. The molecule has 0 radical (unpaired) electrons. The number of nitrogens with one attached hydrogen (secondary N) is 1. The summed E-state index contributed by atoms with van der Waals surface area (Å²) in [7, 11) is 3.88. The smallest absolute Gasteiger partial charge is 0.305 e. The summed E-state index contributed by atoms with van der Waals surface area (Å²) < 4.78 is 4.92. The molecule has 0 fully saturated rings. The zero-order chi connectivity index (χ0) is 18.9. The van der Waals surface area contributed by atoms with Crippen LogP contribution in [0.3, 0.4) is 0 Å². The second-order valence-corrected chi connectivity index (χ2v) is 6.25. The lowest BCUT2D eigenvalue weighted by Crippen LogP contribution is -2.14. The molecule has 138 valence electrons. The monoisotopic (exact) mass is 354 g/mol. The van der Waals surface area contributed by atoms with Crippen LogP contribution in [0.25, 0.3) is 0 Å². The molecule has 1 N–H and O–H groups in total. The molecule has 0 saturated heterocycles. The molecule has 0 aliphatic carbocycles. The molecule has 0 heterocycles. The van der Waals surface area contributed by atoms with Crippen LogP contribution in [0.1, 0.15) is 35.7 Å². The number of carbonyl (C=O) groups is 2. The molecule has 0 aromatic heterocycles. The molecule has 5 heteroatoms. The Balaban J connectivity index is 1.89. The maximum atomic E-state index is 12.4. The van der Waals surface area contributed by atoms with Crippen LogP contribution < -0.4 is 10.2 Å². The van der Waals surface area contributed by atoms with Crippen molar-refractivity contribution >= 4 is 23.3 Å². The maximum absolute atomic E-state index is 12.4. The van der Waals surface area contributed by atoms with Gasteiger partial charge in [0.25, 0.3) is 5.91 Å². The number of benzene rings is 2. The largest absolute Gasteiger partial charge is 0.466 e. The molecule has 0 aliphatic heterocycles. The van der Waals surface area contributed by atoms with Crippen molar-refractivity contribution in [2.75, 3.05) is 30.9 Å². The van der Waals surface area contributed by atoms with E-state index in [-0.39, 0.29) is 11.9 Å². The molecule has 0 aliphatic rings. The van der Waals surface area contributed by atoms with E-state index in [9.17, 15) is 9.59 Å². The lowest BCUT2D eigenvalue weighted by atomic mass is 10.1. The van der Waals surface area contributed by atoms with Gasteiger partial charge in [-0.25, -0.2) is 0 Å². The van der Waals surface area contributed by atoms with Gasteiger partial charge in [0.2, 0.25) is 0 Å². The average Bonchev–Trinajstić information content (AvgIpc) is 2.63. The van der Waals surface area contributed by atoms with Crippen molar-refractivity contribution in [2.45, 2.75) is 26.2 Å². The average molecular weight is 354 g/mol. The Hall–Kier alpha value is -2.82. The summed E-state index contributed by atoms with van der Waals surface area (Å²) in [5.41, 5.74) is 3.48. The number of anilines is 2. The summed E-state index contributed by atoms with van der Waals surface area (Å²) in [6, 6.07) is 15.2. The Labute approximate surface area is 155 Å². The second-order valence-electron chi connectivity index (χ2n) is 6.25. The second kappa shape index (κ2) is 9.61. The van der Waals surface area contributed by atoms with Gasteiger partial charge in [0, 0.05) is 37.5 Å². The fraction of sp³-hybridized carbons (Fsp3) is 0.333. The van der Waals surface area contributed by atoms with Crippen molar-refractivity contribution in [3.8, 4) is 0 Å². The zero-order valence-corrected chi connectivity index (χ0v) is 15.6. The minimum atomic E-state index is -0.156. The predicted molar refractivity (Wildman–Crippen MR) is 105 cm³/mol. The van der Waals surface area contributed by atoms with E-state index >= 15 is 0 Å². The van der Waals surface area contributed by atoms with E-state index in [2.05, 4.69) is 5.32 Å². The normalized spacial score (nSPS) is 10.3. The molecule has 5 nitrogen and oxygen atoms in total. The van der Waals surface area contributed by atoms with Crippen LogP contribution in [0, 0.1) is 0 Å². The van der Waals surface area contributed by atoms with Crippen molar-refractivity contribution in [2.24, 2.45) is 0 Å². The number of nitrogens with zero attached hydrogens (tertiary/aromatic N) is 1. The number of aryl methyl sites for hydroxylation is 1. The Morgan fingerprint density at radius 2 is 1.81 bits per heavy atom. The molecule has 2 aromatic rings. The Morgan fingerprint density at radius 3 is 2.46 bits per heavy atom. The fourth-order valence-electron chi connectivity index (χ4n) is 2.55. The first kappa shape index (κ1) is 19.5. The molecule has 0 atom stereocenters. The summed E-state index contributed by atoms with van der Waals surface area (Å²) in [6.07, 6.45) is 1.98. The van der Waals surface area contributed by atoms with E-state index in [0.29, 0.717) is 18.6 Å². The number of ether oxygens (including phenoxy) is 1. The molecule has 0 saturated carbocycles. The van der Waals surface area contributed by atoms with E-state index in [1.54, 1.807) is 6.07 Å². The van der Waals surface area contributed by atoms with Crippen LogP contribution in [0.5, 0.6) is 0 Å². The summed E-state index contributed by atoms with van der Waals surface area (Å²) in [5.74, 6) is -0.292. The molecular formula is C21H26N2O3. The zero-order valence-electron chi connectivity index (χ0n) is 15.6. The third-order valence-electron chi connectivity index (χ3n) is 3.99. The van der Waals surface area contributed by atoms with E-state index in [0.717, 1.165) is 29.8 Å². The Morgan fingerprint density at radius 1 is 1.08 bits per heavy atom. The minimum absolute atomic E-state index is 0.135. The van der Waals surface area contributed by atoms with E-state index in [1.165, 1.54) is 0 Å². The van der Waals surface area contributed by atoms with Crippen LogP contribution in [-0.4, -0.2) is 32.6 Å². The molecule has 0 spiro atoms. The number of esters is 1. The highest BCUT2D eigenvalue weighted by Crippen LogP contribution is 2.16. The van der Waals surface area contributed by atoms with Crippen LogP contribution in [0.2, 0.25) is 0 Å². The summed E-state index contributed by atoms with van der Waals surface area (Å²) in [6.45, 7) is 2.23. The lowest BCUT2D eigenvalue weighted by molar-refractivity contribution is -0.143. The molecule has 1 amide bonds. The van der Waals surface area contributed by atoms with Gasteiger partial charge < -0.3 is 15.0 Å². The van der Waals surface area contributed by atoms with E-state index in [1.807, 2.05) is 68.4 Å². The third-order valence-corrected chi connectivity index (χ3v) is 3.99. The Kier molecular flexibility index (Phi) is 7.21. The number of hydrogen-bond acceptors (Lipinski definition) is 4. The highest BCUT2D eigenvalue weighted by molar-refractivity contribution is 6.04. The van der Waals surface area contributed by atoms with Crippen molar-refractivity contribution in [3.05, 3.63) is 59.7 Å². The number of hydrogen-bond donors (Lipinski definition) is 1. The van der Waals surface area contributed by atoms with Crippen molar-refractivity contribution in [1.82, 2.24) is 0 Å². The number of carbonyl (C=O) groups excluding carboxylic acids is 2. The van der Waals surface area contributed by atoms with Gasteiger partial charge in [-0.05, 0) is 55.7 Å². The quantitative estimate of drug-likeness (QED) is 0.731. The van der Waals surface area contributed by atoms with Gasteiger partial charge in [0.1, 0.15) is 0 Å². The predicted octanol–water partition coefficient (Wildman–Crippen LogP) is 3.89. The number of amides is 1. The Bertz CT molecular complexity index is 739. The molecule has 2 rings (SSSR count). The van der Waals surface area contributed by atoms with Crippen molar-refractivity contribution in [1.29, 1.82) is 0 Å². The highest BCUT2D eigenvalue weighted by atomic mass is 16.5. The highest BCUT2D eigenvalue weighted by Gasteiger charge is 2.08. The van der Waals surface area contributed by atoms with Crippen LogP contribution >= 0.6 is 0 Å². The standard InChI is InChI=1S/C21H26N2O3/c1-4-26-20(24)10-5-7-16-11-13-18(14-12-16)22-21(25)17-8-6-9-19(15-17)23(2)3/h6,8-9,11-15H,4-5,7,10H2,1-3H3,(H,22,25). The first-order valence-electron chi connectivity index (χ1n) is 8.83. The van der Waals surface area contributed by atoms with E-state index < -0.39 is 0 Å². The molecular weight excluding hydrogens is 328 g/mol. The SMILES string of the molecule is CCOC(=O)CCCc1ccc(NC(=O)c2cccc(N(C)C)c2)cc1. The van der Waals surface area contributed by atoms with Crippen molar-refractivity contribution in [3.63, 3.8) is 0 Å². The van der Waals surface area contributed by atoms with Gasteiger partial charge in [0.05, 0.1) is 6.61 Å². The van der Waals surface area contributed by atoms with E-state index in [4.69, 9.17) is 4.74 Å². The van der Waals surface area contributed by atoms with Crippen LogP contribution in [0.15, 0.2) is 48.5 Å². The minimum Gasteiger partial charge on any atom is -0.466 e. The topological polar surface area (TPSA) is 58.6 Å². The van der Waals surface area contributed by atoms with Gasteiger partial charge in [-0.1, -0.05) is 18.2 Å². The first-order valence-corrected chi connectivity index (χ1v) is 8.83. The van der Waals surface area contributed by atoms with Gasteiger partial charge in [0.15, 0.2) is 0 Å². The number of rotatable bonds is 8. The first-order chi connectivity index (χ1) is 12.5. The molecule has 0 bridgehead atoms. The van der Waals surface area contributed by atoms with Gasteiger partial charge >= 0.3 is 5.97 Å². The summed E-state index contributed by atoms with van der Waals surface area (Å²) in [5, 5.41) is 2.91. The van der Waals surface area contributed by atoms with Gasteiger partial charge in [-0.15, -0.1) is 0 Å². The van der Waals surface area contributed by atoms with Gasteiger partial charge in [-0.3, -0.25) is 9.59 Å². The molecule has 0 unspecified atom stereocenters. The van der Waals surface area contributed by atoms with Crippen molar-refractivity contribution < 1.29 is 14.3 Å². The van der Waals surface area contributed by atoms with Crippen LogP contribution in [0.4, 0.5) is 11.4 Å².